The van der Waals surface area contributed by atoms with Gasteiger partial charge < -0.3 is 19.8 Å². The van der Waals surface area contributed by atoms with Crippen LogP contribution < -0.4 is 16.3 Å². The third-order valence-electron chi connectivity index (χ3n) is 5.31. The lowest BCUT2D eigenvalue weighted by atomic mass is 10.1. The summed E-state index contributed by atoms with van der Waals surface area (Å²) in [6.45, 7) is 1.72. The Morgan fingerprint density at radius 3 is 2.62 bits per heavy atom. The number of carbonyl (C=O) groups excluding carboxylic acids is 2. The summed E-state index contributed by atoms with van der Waals surface area (Å²) in [6, 6.07) is 15.6. The quantitative estimate of drug-likeness (QED) is 0.370. The van der Waals surface area contributed by atoms with Crippen molar-refractivity contribution < 1.29 is 18.7 Å². The Morgan fingerprint density at radius 2 is 1.91 bits per heavy atom. The average molecular weight is 478 g/mol. The molecule has 9 heteroatoms. The van der Waals surface area contributed by atoms with Crippen molar-refractivity contribution in [3.8, 4) is 0 Å². The van der Waals surface area contributed by atoms with E-state index in [1.807, 2.05) is 47.8 Å². The number of nitrogens with zero attached hydrogens (tertiary/aromatic N) is 1. The van der Waals surface area contributed by atoms with Gasteiger partial charge in [-0.05, 0) is 41.6 Å². The summed E-state index contributed by atoms with van der Waals surface area (Å²) < 4.78 is 10.3. The Labute approximate surface area is 199 Å². The molecule has 2 heterocycles. The number of fused-ring (bicyclic) bond motifs is 1. The molecule has 0 fully saturated rings. The van der Waals surface area contributed by atoms with Gasteiger partial charge in [0, 0.05) is 17.0 Å². The Kier molecular flexibility index (Phi) is 7.03. The number of carbonyl (C=O) groups is 2. The van der Waals surface area contributed by atoms with E-state index in [1.165, 1.54) is 18.4 Å². The van der Waals surface area contributed by atoms with Crippen LogP contribution in [0, 0.1) is 6.92 Å². The molecule has 2 N–H and O–H groups in total. The van der Waals surface area contributed by atoms with E-state index in [-0.39, 0.29) is 23.7 Å². The fraction of sp³-hybridized carbons (Fsp3) is 0.200. The summed E-state index contributed by atoms with van der Waals surface area (Å²) in [6.07, 6.45) is 0.576. The summed E-state index contributed by atoms with van der Waals surface area (Å²) in [5.41, 5.74) is 1.74. The first-order chi connectivity index (χ1) is 16.4. The first kappa shape index (κ1) is 23.2. The van der Waals surface area contributed by atoms with Crippen LogP contribution in [0.25, 0.3) is 10.9 Å². The van der Waals surface area contributed by atoms with Crippen molar-refractivity contribution in [3.05, 3.63) is 86.4 Å². The fourth-order valence-corrected chi connectivity index (χ4v) is 4.32. The van der Waals surface area contributed by atoms with E-state index >= 15 is 0 Å². The van der Waals surface area contributed by atoms with Crippen LogP contribution >= 0.6 is 11.3 Å². The summed E-state index contributed by atoms with van der Waals surface area (Å²) in [5.74, 6) is -0.684. The van der Waals surface area contributed by atoms with Gasteiger partial charge in [0.2, 0.25) is 5.91 Å². The van der Waals surface area contributed by atoms with Crippen LogP contribution in [0.4, 0.5) is 11.7 Å². The molecule has 0 aliphatic carbocycles. The van der Waals surface area contributed by atoms with Crippen molar-refractivity contribution in [1.82, 2.24) is 4.98 Å². The lowest BCUT2D eigenvalue weighted by molar-refractivity contribution is -0.141. The number of amides is 1. The molecule has 4 rings (SSSR count). The molecule has 4 aromatic rings. The third kappa shape index (κ3) is 5.32. The van der Waals surface area contributed by atoms with Crippen molar-refractivity contribution in [2.45, 2.75) is 25.8 Å². The van der Waals surface area contributed by atoms with Crippen molar-refractivity contribution in [1.29, 1.82) is 0 Å². The van der Waals surface area contributed by atoms with E-state index in [2.05, 4.69) is 15.6 Å². The van der Waals surface area contributed by atoms with E-state index in [0.717, 1.165) is 10.4 Å². The Bertz CT molecular complexity index is 1370. The highest BCUT2D eigenvalue weighted by Crippen LogP contribution is 2.24. The Balaban J connectivity index is 1.58. The Hall–Kier alpha value is -3.98. The van der Waals surface area contributed by atoms with Gasteiger partial charge in [0.05, 0.1) is 24.4 Å². The zero-order chi connectivity index (χ0) is 24.1. The SMILES string of the molecule is COC(=O)[C@H](Cc1ccccc1)Nc1nc2ccc(NC(=O)Cc3cccs3)c(C)c2c(=O)o1. The lowest BCUT2D eigenvalue weighted by Crippen LogP contribution is -2.33. The van der Waals surface area contributed by atoms with Crippen molar-refractivity contribution in [2.24, 2.45) is 0 Å². The smallest absolute Gasteiger partial charge is 0.348 e. The predicted molar refractivity (Wildman–Crippen MR) is 131 cm³/mol. The molecule has 8 nitrogen and oxygen atoms in total. The zero-order valence-corrected chi connectivity index (χ0v) is 19.5. The van der Waals surface area contributed by atoms with Gasteiger partial charge in [-0.3, -0.25) is 4.79 Å². The molecule has 2 aromatic heterocycles. The van der Waals surface area contributed by atoms with Crippen LogP contribution in [0.5, 0.6) is 0 Å². The van der Waals surface area contributed by atoms with Crippen LogP contribution in [-0.4, -0.2) is 30.0 Å². The highest BCUT2D eigenvalue weighted by molar-refractivity contribution is 7.10. The zero-order valence-electron chi connectivity index (χ0n) is 18.7. The summed E-state index contributed by atoms with van der Waals surface area (Å²) >= 11 is 1.51. The van der Waals surface area contributed by atoms with Gasteiger partial charge in [-0.15, -0.1) is 11.3 Å². The number of benzene rings is 2. The molecular weight excluding hydrogens is 454 g/mol. The minimum absolute atomic E-state index is 0.0855. The van der Waals surface area contributed by atoms with Crippen LogP contribution in [0.2, 0.25) is 0 Å². The van der Waals surface area contributed by atoms with E-state index < -0.39 is 17.6 Å². The van der Waals surface area contributed by atoms with Gasteiger partial charge in [0.15, 0.2) is 0 Å². The van der Waals surface area contributed by atoms with Gasteiger partial charge >= 0.3 is 11.6 Å². The molecule has 0 spiro atoms. The highest BCUT2D eigenvalue weighted by Gasteiger charge is 2.22. The van der Waals surface area contributed by atoms with Crippen LogP contribution in [0.3, 0.4) is 0 Å². The molecule has 2 aromatic carbocycles. The largest absolute Gasteiger partial charge is 0.467 e. The molecule has 0 saturated heterocycles. The molecule has 0 aliphatic rings. The molecule has 1 atom stereocenters. The number of hydrogen-bond acceptors (Lipinski definition) is 8. The maximum Gasteiger partial charge on any atom is 0.348 e. The number of aryl methyl sites for hydroxylation is 1. The van der Waals surface area contributed by atoms with Crippen molar-refractivity contribution >= 4 is 45.8 Å². The number of rotatable bonds is 8. The maximum absolute atomic E-state index is 12.8. The van der Waals surface area contributed by atoms with E-state index in [9.17, 15) is 14.4 Å². The number of ether oxygens (including phenoxy) is 1. The number of anilines is 2. The molecule has 0 radical (unpaired) electrons. The molecular formula is C25H23N3O5S. The predicted octanol–water partition coefficient (Wildman–Crippen LogP) is 3.94. The molecule has 1 amide bonds. The number of thiophene rings is 1. The number of aromatic nitrogens is 1. The number of esters is 1. The number of hydrogen-bond donors (Lipinski definition) is 2. The van der Waals surface area contributed by atoms with E-state index in [1.54, 1.807) is 19.1 Å². The molecule has 174 valence electrons. The summed E-state index contributed by atoms with van der Waals surface area (Å²) in [4.78, 5) is 42.9. The maximum atomic E-state index is 12.8. The molecule has 0 saturated carbocycles. The van der Waals surface area contributed by atoms with E-state index in [4.69, 9.17) is 9.15 Å². The van der Waals surface area contributed by atoms with Gasteiger partial charge in [-0.1, -0.05) is 36.4 Å². The third-order valence-corrected chi connectivity index (χ3v) is 6.19. The summed E-state index contributed by atoms with van der Waals surface area (Å²) in [5, 5.41) is 7.90. The first-order valence-electron chi connectivity index (χ1n) is 10.6. The normalized spacial score (nSPS) is 11.7. The van der Waals surface area contributed by atoms with Crippen molar-refractivity contribution in [3.63, 3.8) is 0 Å². The van der Waals surface area contributed by atoms with Crippen LogP contribution in [-0.2, 0) is 27.2 Å². The molecule has 0 aliphatic heterocycles. The second-order valence-corrected chi connectivity index (χ2v) is 8.69. The fourth-order valence-electron chi connectivity index (χ4n) is 3.62. The standard InChI is InChI=1S/C25H23N3O5S/c1-15-18(26-21(29)14-17-9-6-12-34-17)10-11-19-22(15)24(31)33-25(27-19)28-20(23(30)32-2)13-16-7-4-3-5-8-16/h3-12,20H,13-14H2,1-2H3,(H,26,29)(H,27,28)/t20-/m0/s1. The molecule has 0 bridgehead atoms. The topological polar surface area (TPSA) is 111 Å². The number of nitrogens with one attached hydrogen (secondary N) is 2. The van der Waals surface area contributed by atoms with Gasteiger partial charge in [-0.2, -0.15) is 4.98 Å². The van der Waals surface area contributed by atoms with Crippen LogP contribution in [0.15, 0.2) is 69.2 Å². The second-order valence-electron chi connectivity index (χ2n) is 7.65. The highest BCUT2D eigenvalue weighted by atomic mass is 32.1. The minimum atomic E-state index is -0.794. The van der Waals surface area contributed by atoms with Gasteiger partial charge in [0.1, 0.15) is 6.04 Å². The Morgan fingerprint density at radius 1 is 1.12 bits per heavy atom. The van der Waals surface area contributed by atoms with Gasteiger partial charge in [0.25, 0.3) is 6.01 Å². The molecule has 34 heavy (non-hydrogen) atoms. The second kappa shape index (κ2) is 10.3. The molecule has 0 unspecified atom stereocenters. The summed E-state index contributed by atoms with van der Waals surface area (Å²) in [7, 11) is 1.30. The van der Waals surface area contributed by atoms with Crippen molar-refractivity contribution in [2.75, 3.05) is 17.7 Å². The lowest BCUT2D eigenvalue weighted by Gasteiger charge is -2.16. The number of methoxy groups -OCH3 is 1. The van der Waals surface area contributed by atoms with Crippen LogP contribution in [0.1, 0.15) is 16.0 Å². The van der Waals surface area contributed by atoms with E-state index in [0.29, 0.717) is 23.2 Å². The monoisotopic (exact) mass is 477 g/mol. The van der Waals surface area contributed by atoms with Gasteiger partial charge in [-0.25, -0.2) is 9.59 Å². The first-order valence-corrected chi connectivity index (χ1v) is 11.5. The average Bonchev–Trinajstić information content (AvgIpc) is 3.33. The minimum Gasteiger partial charge on any atom is -0.467 e.